The van der Waals surface area contributed by atoms with E-state index in [1.807, 2.05) is 48.5 Å². The van der Waals surface area contributed by atoms with Gasteiger partial charge in [-0.05, 0) is 43.9 Å². The van der Waals surface area contributed by atoms with Gasteiger partial charge in [0.2, 0.25) is 11.3 Å². The Morgan fingerprint density at radius 1 is 1.07 bits per heavy atom. The third kappa shape index (κ3) is 10.2. The second kappa shape index (κ2) is 19.8. The Balaban J connectivity index is 0.00000107. The largest absolute Gasteiger partial charge is 0.503 e. The summed E-state index contributed by atoms with van der Waals surface area (Å²) >= 11 is 1.21. The van der Waals surface area contributed by atoms with E-state index in [1.54, 1.807) is 39.7 Å². The number of carbonyl (C=O) groups is 2. The van der Waals surface area contributed by atoms with E-state index in [9.17, 15) is 23.9 Å². The number of hydrogen-bond acceptors (Lipinski definition) is 7. The van der Waals surface area contributed by atoms with Crippen molar-refractivity contribution in [2.45, 2.75) is 119 Å². The minimum absolute atomic E-state index is 0.0226. The summed E-state index contributed by atoms with van der Waals surface area (Å²) in [6, 6.07) is 5.81. The number of halogens is 1. The topological polar surface area (TPSA) is 109 Å². The van der Waals surface area contributed by atoms with Gasteiger partial charge in [0.05, 0.1) is 11.6 Å². The number of fused-ring (bicyclic) bond motifs is 1. The molecule has 1 unspecified atom stereocenters. The van der Waals surface area contributed by atoms with Crippen LogP contribution in [0.25, 0.3) is 10.6 Å². The highest BCUT2D eigenvalue weighted by Gasteiger charge is 2.42. The predicted molar refractivity (Wildman–Crippen MR) is 186 cm³/mol. The number of amides is 2. The molecule has 9 nitrogen and oxygen atoms in total. The Labute approximate surface area is 278 Å². The first kappa shape index (κ1) is 40.4. The molecule has 256 valence electrons. The van der Waals surface area contributed by atoms with Crippen molar-refractivity contribution >= 4 is 23.2 Å². The Kier molecular flexibility index (Phi) is 17.4. The maximum absolute atomic E-state index is 13.3. The standard InChI is InChI=1S/C26H28FN5O4S.C3H8.3C2H6/c1-14(30(3)15(2)33)10-19-12-32(18-8-9-18)26(36)22-24(35)23(34)20(13-31(19)22)25-29-28-21(37-25)11-16-4-6-17(27)7-5-16;1-3-2;3*1-2/h4-7,13-14,18-19,35H,8-12H2,1-3H3;3H2,1-2H3;3*1-2H3/t14?,19-;;;;/m0..../s1. The lowest BCUT2D eigenvalue weighted by molar-refractivity contribution is -0.129. The van der Waals surface area contributed by atoms with E-state index in [-0.39, 0.29) is 47.0 Å². The molecule has 5 rings (SSSR count). The number of rotatable bonds is 7. The zero-order chi connectivity index (χ0) is 35.1. The molecular formula is C35H54FN5O4S. The minimum Gasteiger partial charge on any atom is -0.503 e. The highest BCUT2D eigenvalue weighted by Crippen LogP contribution is 2.37. The van der Waals surface area contributed by atoms with Crippen molar-refractivity contribution < 1.29 is 19.1 Å². The van der Waals surface area contributed by atoms with Crippen molar-refractivity contribution in [3.05, 3.63) is 62.8 Å². The summed E-state index contributed by atoms with van der Waals surface area (Å²) in [6.45, 7) is 20.1. The van der Waals surface area contributed by atoms with E-state index in [0.29, 0.717) is 29.4 Å². The Morgan fingerprint density at radius 3 is 2.15 bits per heavy atom. The molecule has 46 heavy (non-hydrogen) atoms. The SMILES string of the molecule is CC.CC.CC.CC(=O)N(C)C(C)C[C@H]1CN(C2CC2)C(=O)c2c(O)c(=O)c(-c3nnc(Cc4ccc(F)cc4)s3)cn21.CCC. The van der Waals surface area contributed by atoms with Crippen molar-refractivity contribution in [1.82, 2.24) is 24.6 Å². The summed E-state index contributed by atoms with van der Waals surface area (Å²) in [5.74, 6) is -1.35. The molecule has 2 aliphatic rings. The summed E-state index contributed by atoms with van der Waals surface area (Å²) < 4.78 is 14.9. The number of aromatic nitrogens is 3. The molecule has 3 heterocycles. The first-order chi connectivity index (χ1) is 22.0. The fraction of sp³-hybridized carbons (Fsp3) is 0.571. The zero-order valence-corrected chi connectivity index (χ0v) is 30.4. The van der Waals surface area contributed by atoms with Crippen molar-refractivity contribution in [2.75, 3.05) is 13.6 Å². The maximum Gasteiger partial charge on any atom is 0.274 e. The van der Waals surface area contributed by atoms with E-state index < -0.39 is 11.2 Å². The van der Waals surface area contributed by atoms with Crippen LogP contribution < -0.4 is 5.43 Å². The van der Waals surface area contributed by atoms with Gasteiger partial charge in [-0.2, -0.15) is 0 Å². The van der Waals surface area contributed by atoms with E-state index in [0.717, 1.165) is 18.4 Å². The Hall–Kier alpha value is -3.60. The molecule has 1 aliphatic heterocycles. The molecule has 2 amide bonds. The number of aromatic hydroxyl groups is 1. The summed E-state index contributed by atoms with van der Waals surface area (Å²) in [5, 5.41) is 20.3. The lowest BCUT2D eigenvalue weighted by atomic mass is 10.0. The van der Waals surface area contributed by atoms with E-state index in [2.05, 4.69) is 24.0 Å². The zero-order valence-electron chi connectivity index (χ0n) is 29.6. The van der Waals surface area contributed by atoms with E-state index in [1.165, 1.54) is 36.8 Å². The van der Waals surface area contributed by atoms with Gasteiger partial charge in [-0.15, -0.1) is 10.2 Å². The highest BCUT2D eigenvalue weighted by molar-refractivity contribution is 7.14. The van der Waals surface area contributed by atoms with Crippen LogP contribution in [0.4, 0.5) is 4.39 Å². The summed E-state index contributed by atoms with van der Waals surface area (Å²) in [6.07, 6.45) is 5.58. The lowest BCUT2D eigenvalue weighted by Gasteiger charge is -2.38. The molecule has 0 saturated heterocycles. The van der Waals surface area contributed by atoms with E-state index >= 15 is 0 Å². The monoisotopic (exact) mass is 659 g/mol. The predicted octanol–water partition coefficient (Wildman–Crippen LogP) is 7.71. The summed E-state index contributed by atoms with van der Waals surface area (Å²) in [7, 11) is 1.73. The summed E-state index contributed by atoms with van der Waals surface area (Å²) in [5.41, 5.74) is 0.317. The average molecular weight is 660 g/mol. The number of pyridine rings is 1. The van der Waals surface area contributed by atoms with Gasteiger partial charge >= 0.3 is 0 Å². The number of benzene rings is 1. The minimum atomic E-state index is -0.672. The van der Waals surface area contributed by atoms with Crippen LogP contribution in [0.3, 0.4) is 0 Å². The second-order valence-corrected chi connectivity index (χ2v) is 11.6. The molecule has 1 N–H and O–H groups in total. The molecule has 11 heteroatoms. The van der Waals surface area contributed by atoms with Crippen LogP contribution in [0.1, 0.15) is 122 Å². The van der Waals surface area contributed by atoms with Gasteiger partial charge in [0.15, 0.2) is 16.5 Å². The second-order valence-electron chi connectivity index (χ2n) is 10.5. The van der Waals surface area contributed by atoms with Crippen molar-refractivity contribution in [1.29, 1.82) is 0 Å². The molecule has 1 aromatic carbocycles. The summed E-state index contributed by atoms with van der Waals surface area (Å²) in [4.78, 5) is 41.9. The average Bonchev–Trinajstić information content (AvgIpc) is 3.81. The van der Waals surface area contributed by atoms with Gasteiger partial charge in [-0.3, -0.25) is 14.4 Å². The molecule has 0 spiro atoms. The molecular weight excluding hydrogens is 605 g/mol. The van der Waals surface area contributed by atoms with Crippen molar-refractivity contribution in [3.63, 3.8) is 0 Å². The fourth-order valence-electron chi connectivity index (χ4n) is 4.77. The van der Waals surface area contributed by atoms with Crippen LogP contribution >= 0.6 is 11.3 Å². The van der Waals surface area contributed by atoms with Crippen LogP contribution in [-0.4, -0.2) is 67.2 Å². The first-order valence-electron chi connectivity index (χ1n) is 16.6. The molecule has 3 aromatic rings. The van der Waals surface area contributed by atoms with Crippen molar-refractivity contribution in [3.8, 4) is 16.3 Å². The van der Waals surface area contributed by atoms with Gasteiger partial charge in [0, 0.05) is 45.2 Å². The number of hydrogen-bond donors (Lipinski definition) is 1. The molecule has 1 saturated carbocycles. The van der Waals surface area contributed by atoms with Crippen molar-refractivity contribution in [2.24, 2.45) is 0 Å². The Bertz CT molecular complexity index is 1440. The molecule has 0 bridgehead atoms. The Morgan fingerprint density at radius 2 is 1.63 bits per heavy atom. The smallest absolute Gasteiger partial charge is 0.274 e. The molecule has 1 aliphatic carbocycles. The van der Waals surface area contributed by atoms with Crippen LogP contribution in [0.5, 0.6) is 5.75 Å². The van der Waals surface area contributed by atoms with Gasteiger partial charge in [0.25, 0.3) is 5.91 Å². The fourth-order valence-corrected chi connectivity index (χ4v) is 5.65. The van der Waals surface area contributed by atoms with Gasteiger partial charge < -0.3 is 19.5 Å². The maximum atomic E-state index is 13.3. The molecule has 0 radical (unpaired) electrons. The van der Waals surface area contributed by atoms with Gasteiger partial charge in [-0.1, -0.05) is 85.3 Å². The van der Waals surface area contributed by atoms with Crippen LogP contribution in [0, 0.1) is 5.82 Å². The molecule has 2 atom stereocenters. The van der Waals surface area contributed by atoms with Crippen LogP contribution in [0.2, 0.25) is 0 Å². The van der Waals surface area contributed by atoms with Gasteiger partial charge in [-0.25, -0.2) is 4.39 Å². The normalized spacial score (nSPS) is 15.3. The van der Waals surface area contributed by atoms with Gasteiger partial charge in [0.1, 0.15) is 10.8 Å². The van der Waals surface area contributed by atoms with Crippen LogP contribution in [-0.2, 0) is 11.2 Å². The number of nitrogens with zero attached hydrogens (tertiary/aromatic N) is 5. The third-order valence-corrected chi connectivity index (χ3v) is 8.16. The van der Waals surface area contributed by atoms with Crippen LogP contribution in [0.15, 0.2) is 35.3 Å². The quantitative estimate of drug-likeness (QED) is 0.278. The third-order valence-electron chi connectivity index (χ3n) is 7.20. The first-order valence-corrected chi connectivity index (χ1v) is 17.5. The highest BCUT2D eigenvalue weighted by atomic mass is 32.1. The van der Waals surface area contributed by atoms with E-state index in [4.69, 9.17) is 0 Å². The molecule has 1 fully saturated rings. The molecule has 2 aromatic heterocycles. The lowest BCUT2D eigenvalue weighted by Crippen LogP contribution is -2.47. The number of carbonyl (C=O) groups excluding carboxylic acids is 2.